The van der Waals surface area contributed by atoms with Crippen LogP contribution in [0.15, 0.2) is 12.4 Å². The van der Waals surface area contributed by atoms with Crippen molar-refractivity contribution in [2.45, 2.75) is 37.8 Å². The molecule has 1 aromatic heterocycles. The van der Waals surface area contributed by atoms with Crippen molar-refractivity contribution in [1.29, 1.82) is 0 Å². The monoisotopic (exact) mass is 220 g/mol. The molecule has 3 rings (SSSR count). The molecule has 16 heavy (non-hydrogen) atoms. The van der Waals surface area contributed by atoms with Crippen LogP contribution in [0.1, 0.15) is 25.7 Å². The highest BCUT2D eigenvalue weighted by Gasteiger charge is 2.34. The summed E-state index contributed by atoms with van der Waals surface area (Å²) in [6, 6.07) is 1.34. The van der Waals surface area contributed by atoms with Crippen molar-refractivity contribution in [1.82, 2.24) is 14.9 Å². The topological polar surface area (TPSA) is 33.1 Å². The van der Waals surface area contributed by atoms with Crippen LogP contribution in [0.4, 0.5) is 5.95 Å². The van der Waals surface area contributed by atoms with Crippen LogP contribution >= 0.6 is 0 Å². The fourth-order valence-electron chi connectivity index (χ4n) is 3.13. The first kappa shape index (κ1) is 10.1. The van der Waals surface area contributed by atoms with Gasteiger partial charge in [-0.3, -0.25) is 0 Å². The van der Waals surface area contributed by atoms with E-state index < -0.39 is 0 Å². The van der Waals surface area contributed by atoms with E-state index in [-0.39, 0.29) is 0 Å². The van der Waals surface area contributed by atoms with Crippen molar-refractivity contribution < 1.29 is 0 Å². The predicted octanol–water partition coefficient (Wildman–Crippen LogP) is 1.14. The standard InChI is InChI=1S/C12H20N4/c1-15-9-7-14-12(15)16-8-3-5-11(16)10-4-2-6-13-10/h7,9-11,13H,2-6,8H2,1H3. The molecule has 2 unspecified atom stereocenters. The molecule has 2 fully saturated rings. The third kappa shape index (κ3) is 1.61. The van der Waals surface area contributed by atoms with E-state index in [0.29, 0.717) is 12.1 Å². The lowest BCUT2D eigenvalue weighted by molar-refractivity contribution is 0.476. The molecule has 2 saturated heterocycles. The zero-order valence-corrected chi connectivity index (χ0v) is 9.89. The summed E-state index contributed by atoms with van der Waals surface area (Å²) in [4.78, 5) is 6.97. The molecule has 0 aromatic carbocycles. The Balaban J connectivity index is 1.81. The molecule has 1 N–H and O–H groups in total. The van der Waals surface area contributed by atoms with E-state index in [0.717, 1.165) is 12.5 Å². The van der Waals surface area contributed by atoms with Gasteiger partial charge in [-0.2, -0.15) is 0 Å². The summed E-state index contributed by atoms with van der Waals surface area (Å²) in [5.74, 6) is 1.14. The van der Waals surface area contributed by atoms with Gasteiger partial charge >= 0.3 is 0 Å². The summed E-state index contributed by atoms with van der Waals surface area (Å²) in [7, 11) is 2.08. The lowest BCUT2D eigenvalue weighted by atomic mass is 10.0. The Morgan fingerprint density at radius 2 is 2.31 bits per heavy atom. The minimum Gasteiger partial charge on any atom is -0.338 e. The molecule has 0 saturated carbocycles. The first-order valence-electron chi connectivity index (χ1n) is 6.33. The van der Waals surface area contributed by atoms with Gasteiger partial charge in [0.2, 0.25) is 5.95 Å². The van der Waals surface area contributed by atoms with Crippen molar-refractivity contribution in [3.05, 3.63) is 12.4 Å². The molecule has 88 valence electrons. The second kappa shape index (κ2) is 4.09. The van der Waals surface area contributed by atoms with Crippen LogP contribution in [0.25, 0.3) is 0 Å². The maximum absolute atomic E-state index is 4.48. The second-order valence-electron chi connectivity index (χ2n) is 4.94. The summed E-state index contributed by atoms with van der Waals surface area (Å²) < 4.78 is 2.13. The van der Waals surface area contributed by atoms with Crippen molar-refractivity contribution in [2.75, 3.05) is 18.0 Å². The average Bonchev–Trinajstić information content (AvgIpc) is 2.95. The van der Waals surface area contributed by atoms with Gasteiger partial charge in [0.1, 0.15) is 0 Å². The minimum absolute atomic E-state index is 0.656. The van der Waals surface area contributed by atoms with Gasteiger partial charge in [0.15, 0.2) is 0 Å². The molecule has 0 spiro atoms. The highest BCUT2D eigenvalue weighted by atomic mass is 15.3. The summed E-state index contributed by atoms with van der Waals surface area (Å²) in [5, 5.41) is 3.63. The molecule has 0 amide bonds. The average molecular weight is 220 g/mol. The highest BCUT2D eigenvalue weighted by molar-refractivity contribution is 5.35. The number of hydrogen-bond acceptors (Lipinski definition) is 3. The summed E-state index contributed by atoms with van der Waals surface area (Å²) >= 11 is 0. The number of aromatic nitrogens is 2. The largest absolute Gasteiger partial charge is 0.338 e. The normalized spacial score (nSPS) is 30.2. The molecule has 4 heteroatoms. The van der Waals surface area contributed by atoms with Gasteiger partial charge in [-0.05, 0) is 32.2 Å². The maximum Gasteiger partial charge on any atom is 0.205 e. The van der Waals surface area contributed by atoms with E-state index in [9.17, 15) is 0 Å². The van der Waals surface area contributed by atoms with Crippen LogP contribution in [-0.2, 0) is 7.05 Å². The maximum atomic E-state index is 4.48. The van der Waals surface area contributed by atoms with Crippen molar-refractivity contribution in [3.8, 4) is 0 Å². The first-order valence-corrected chi connectivity index (χ1v) is 6.33. The third-order valence-corrected chi connectivity index (χ3v) is 3.91. The van der Waals surface area contributed by atoms with Gasteiger partial charge in [0, 0.05) is 38.1 Å². The molecule has 4 nitrogen and oxygen atoms in total. The SMILES string of the molecule is Cn1ccnc1N1CCCC1C1CCCN1. The predicted molar refractivity (Wildman–Crippen MR) is 64.6 cm³/mol. The third-order valence-electron chi connectivity index (χ3n) is 3.91. The van der Waals surface area contributed by atoms with Gasteiger partial charge in [-0.15, -0.1) is 0 Å². The number of rotatable bonds is 2. The van der Waals surface area contributed by atoms with Crippen LogP contribution in [0.3, 0.4) is 0 Å². The van der Waals surface area contributed by atoms with E-state index >= 15 is 0 Å². The van der Waals surface area contributed by atoms with Gasteiger partial charge in [-0.25, -0.2) is 4.98 Å². The Kier molecular flexibility index (Phi) is 2.59. The number of nitrogens with zero attached hydrogens (tertiary/aromatic N) is 3. The lowest BCUT2D eigenvalue weighted by Crippen LogP contribution is -2.44. The highest BCUT2D eigenvalue weighted by Crippen LogP contribution is 2.28. The number of hydrogen-bond donors (Lipinski definition) is 1. The van der Waals surface area contributed by atoms with Gasteiger partial charge < -0.3 is 14.8 Å². The van der Waals surface area contributed by atoms with Crippen LogP contribution in [-0.4, -0.2) is 34.7 Å². The van der Waals surface area contributed by atoms with E-state index in [2.05, 4.69) is 26.8 Å². The van der Waals surface area contributed by atoms with E-state index in [1.165, 1.54) is 32.2 Å². The minimum atomic E-state index is 0.656. The molecule has 2 aliphatic rings. The first-order chi connectivity index (χ1) is 7.86. The van der Waals surface area contributed by atoms with Crippen LogP contribution in [0.2, 0.25) is 0 Å². The number of anilines is 1. The molecule has 0 bridgehead atoms. The Labute approximate surface area is 96.7 Å². The molecule has 2 atom stereocenters. The molecule has 2 aliphatic heterocycles. The van der Waals surface area contributed by atoms with Gasteiger partial charge in [-0.1, -0.05) is 0 Å². The summed E-state index contributed by atoms with van der Waals surface area (Å²) in [6.07, 6.45) is 9.20. The molecule has 0 radical (unpaired) electrons. The van der Waals surface area contributed by atoms with Crippen molar-refractivity contribution >= 4 is 5.95 Å². The lowest BCUT2D eigenvalue weighted by Gasteiger charge is -2.30. The Morgan fingerprint density at radius 3 is 3.00 bits per heavy atom. The molecule has 3 heterocycles. The van der Waals surface area contributed by atoms with Crippen LogP contribution in [0.5, 0.6) is 0 Å². The Hall–Kier alpha value is -1.03. The molecular formula is C12H20N4. The van der Waals surface area contributed by atoms with Gasteiger partial charge in [0.05, 0.1) is 0 Å². The van der Waals surface area contributed by atoms with E-state index in [4.69, 9.17) is 0 Å². The number of nitrogens with one attached hydrogen (secondary N) is 1. The van der Waals surface area contributed by atoms with Crippen molar-refractivity contribution in [3.63, 3.8) is 0 Å². The fraction of sp³-hybridized carbons (Fsp3) is 0.750. The van der Waals surface area contributed by atoms with Crippen LogP contribution < -0.4 is 10.2 Å². The molecule has 0 aliphatic carbocycles. The zero-order chi connectivity index (χ0) is 11.0. The number of aryl methyl sites for hydroxylation is 1. The van der Waals surface area contributed by atoms with Crippen LogP contribution in [0, 0.1) is 0 Å². The molecular weight excluding hydrogens is 200 g/mol. The van der Waals surface area contributed by atoms with Crippen molar-refractivity contribution in [2.24, 2.45) is 7.05 Å². The quantitative estimate of drug-likeness (QED) is 0.811. The Bertz CT molecular complexity index is 354. The smallest absolute Gasteiger partial charge is 0.205 e. The van der Waals surface area contributed by atoms with E-state index in [1.54, 1.807) is 0 Å². The molecule has 1 aromatic rings. The summed E-state index contributed by atoms with van der Waals surface area (Å²) in [5.41, 5.74) is 0. The van der Waals surface area contributed by atoms with Gasteiger partial charge in [0.25, 0.3) is 0 Å². The number of imidazole rings is 1. The fourth-order valence-corrected chi connectivity index (χ4v) is 3.13. The van der Waals surface area contributed by atoms with E-state index in [1.807, 2.05) is 12.4 Å². The Morgan fingerprint density at radius 1 is 1.38 bits per heavy atom. The zero-order valence-electron chi connectivity index (χ0n) is 9.89. The summed E-state index contributed by atoms with van der Waals surface area (Å²) in [6.45, 7) is 2.35. The second-order valence-corrected chi connectivity index (χ2v) is 4.94.